The van der Waals surface area contributed by atoms with Gasteiger partial charge >= 0.3 is 6.09 Å². The zero-order valence-corrected chi connectivity index (χ0v) is 11.7. The molecule has 2 heterocycles. The van der Waals surface area contributed by atoms with E-state index in [4.69, 9.17) is 4.74 Å². The van der Waals surface area contributed by atoms with Gasteiger partial charge in [0.2, 0.25) is 5.95 Å². The minimum absolute atomic E-state index is 0.0787. The van der Waals surface area contributed by atoms with Crippen LogP contribution in [0.3, 0.4) is 0 Å². The standard InChI is InChI=1S/C14H19FN2O2/c1-9-7-17(13(18)19-14(2,3)4)8-10-5-6-16-12(15)11(9)10/h5-6,9H,7-8H2,1-4H3. The lowest BCUT2D eigenvalue weighted by molar-refractivity contribution is 0.0207. The molecule has 0 saturated carbocycles. The van der Waals surface area contributed by atoms with E-state index >= 15 is 0 Å². The summed E-state index contributed by atoms with van der Waals surface area (Å²) in [6, 6.07) is 1.76. The highest BCUT2D eigenvalue weighted by molar-refractivity contribution is 5.68. The average molecular weight is 266 g/mol. The molecule has 0 N–H and O–H groups in total. The number of nitrogens with zero attached hydrogens (tertiary/aromatic N) is 2. The van der Waals surface area contributed by atoms with Crippen molar-refractivity contribution < 1.29 is 13.9 Å². The summed E-state index contributed by atoms with van der Waals surface area (Å²) >= 11 is 0. The minimum Gasteiger partial charge on any atom is -0.444 e. The van der Waals surface area contributed by atoms with Crippen LogP contribution < -0.4 is 0 Å². The van der Waals surface area contributed by atoms with Crippen LogP contribution in [0.15, 0.2) is 12.3 Å². The van der Waals surface area contributed by atoms with Gasteiger partial charge in [0.25, 0.3) is 0 Å². The smallest absolute Gasteiger partial charge is 0.410 e. The zero-order chi connectivity index (χ0) is 14.2. The second-order valence-electron chi connectivity index (χ2n) is 5.94. The van der Waals surface area contributed by atoms with Crippen LogP contribution in [0.1, 0.15) is 44.7 Å². The summed E-state index contributed by atoms with van der Waals surface area (Å²) in [5.41, 5.74) is 0.892. The first-order valence-electron chi connectivity index (χ1n) is 6.39. The third kappa shape index (κ3) is 3.03. The van der Waals surface area contributed by atoms with E-state index in [1.165, 1.54) is 6.20 Å². The molecule has 1 unspecified atom stereocenters. The van der Waals surface area contributed by atoms with E-state index < -0.39 is 11.5 Å². The molecule has 1 aliphatic rings. The van der Waals surface area contributed by atoms with Gasteiger partial charge in [-0.25, -0.2) is 9.78 Å². The van der Waals surface area contributed by atoms with Crippen LogP contribution in [0, 0.1) is 5.95 Å². The Morgan fingerprint density at radius 1 is 1.53 bits per heavy atom. The fraction of sp³-hybridized carbons (Fsp3) is 0.571. The molecule has 0 radical (unpaired) electrons. The Morgan fingerprint density at radius 2 is 2.21 bits per heavy atom. The lowest BCUT2D eigenvalue weighted by atomic mass is 9.93. The Hall–Kier alpha value is -1.65. The zero-order valence-electron chi connectivity index (χ0n) is 11.7. The van der Waals surface area contributed by atoms with Crippen LogP contribution in [-0.2, 0) is 11.3 Å². The Bertz CT molecular complexity index is 497. The van der Waals surface area contributed by atoms with Crippen LogP contribution >= 0.6 is 0 Å². The molecule has 0 saturated heterocycles. The van der Waals surface area contributed by atoms with Gasteiger partial charge < -0.3 is 9.64 Å². The lowest BCUT2D eigenvalue weighted by Gasteiger charge is -2.34. The van der Waals surface area contributed by atoms with E-state index in [-0.39, 0.29) is 12.0 Å². The van der Waals surface area contributed by atoms with Crippen molar-refractivity contribution in [2.75, 3.05) is 6.54 Å². The van der Waals surface area contributed by atoms with E-state index in [1.54, 1.807) is 11.0 Å². The third-order valence-electron chi connectivity index (χ3n) is 3.03. The number of amides is 1. The summed E-state index contributed by atoms with van der Waals surface area (Å²) in [7, 11) is 0. The summed E-state index contributed by atoms with van der Waals surface area (Å²) in [4.78, 5) is 17.3. The van der Waals surface area contributed by atoms with Crippen LogP contribution in [0.5, 0.6) is 0 Å². The average Bonchev–Trinajstić information content (AvgIpc) is 2.26. The Morgan fingerprint density at radius 3 is 2.84 bits per heavy atom. The first-order chi connectivity index (χ1) is 8.78. The number of aromatic nitrogens is 1. The van der Waals surface area contributed by atoms with E-state index in [9.17, 15) is 9.18 Å². The number of hydrogen-bond acceptors (Lipinski definition) is 3. The Balaban J connectivity index is 2.20. The van der Waals surface area contributed by atoms with Crippen molar-refractivity contribution in [3.63, 3.8) is 0 Å². The molecule has 1 aliphatic heterocycles. The number of rotatable bonds is 0. The van der Waals surface area contributed by atoms with Crippen molar-refractivity contribution in [2.45, 2.75) is 45.8 Å². The van der Waals surface area contributed by atoms with Gasteiger partial charge in [0, 0.05) is 30.8 Å². The fourth-order valence-electron chi connectivity index (χ4n) is 2.30. The molecular formula is C14H19FN2O2. The highest BCUT2D eigenvalue weighted by Crippen LogP contribution is 2.29. The first kappa shape index (κ1) is 13.8. The predicted molar refractivity (Wildman–Crippen MR) is 69.3 cm³/mol. The molecule has 104 valence electrons. The lowest BCUT2D eigenvalue weighted by Crippen LogP contribution is -2.41. The van der Waals surface area contributed by atoms with Crippen LogP contribution in [0.4, 0.5) is 9.18 Å². The van der Waals surface area contributed by atoms with Crippen LogP contribution in [0.2, 0.25) is 0 Å². The first-order valence-corrected chi connectivity index (χ1v) is 6.39. The van der Waals surface area contributed by atoms with Crippen LogP contribution in [-0.4, -0.2) is 28.1 Å². The highest BCUT2D eigenvalue weighted by atomic mass is 19.1. The largest absolute Gasteiger partial charge is 0.444 e. The molecule has 0 aliphatic carbocycles. The number of hydrogen-bond donors (Lipinski definition) is 0. The van der Waals surface area contributed by atoms with Gasteiger partial charge in [0.05, 0.1) is 0 Å². The van der Waals surface area contributed by atoms with E-state index in [0.717, 1.165) is 5.56 Å². The molecule has 1 aromatic rings. The fourth-order valence-corrected chi connectivity index (χ4v) is 2.30. The summed E-state index contributed by atoms with van der Waals surface area (Å²) in [6.07, 6.45) is 1.07. The second-order valence-corrected chi connectivity index (χ2v) is 5.94. The molecule has 4 nitrogen and oxygen atoms in total. The van der Waals surface area contributed by atoms with Crippen molar-refractivity contribution in [2.24, 2.45) is 0 Å². The van der Waals surface area contributed by atoms with Crippen LogP contribution in [0.25, 0.3) is 0 Å². The van der Waals surface area contributed by atoms with Crippen molar-refractivity contribution in [1.29, 1.82) is 0 Å². The molecule has 1 amide bonds. The van der Waals surface area contributed by atoms with Gasteiger partial charge in [0.1, 0.15) is 5.60 Å². The summed E-state index contributed by atoms with van der Waals surface area (Å²) < 4.78 is 19.0. The Kier molecular flexibility index (Phi) is 3.47. The van der Waals surface area contributed by atoms with E-state index in [0.29, 0.717) is 18.7 Å². The molecule has 0 aromatic carbocycles. The monoisotopic (exact) mass is 266 g/mol. The summed E-state index contributed by atoms with van der Waals surface area (Å²) in [5.74, 6) is -0.515. The summed E-state index contributed by atoms with van der Waals surface area (Å²) in [5, 5.41) is 0. The highest BCUT2D eigenvalue weighted by Gasteiger charge is 2.30. The van der Waals surface area contributed by atoms with Crippen molar-refractivity contribution in [1.82, 2.24) is 9.88 Å². The number of carbonyl (C=O) groups excluding carboxylic acids is 1. The second kappa shape index (κ2) is 4.79. The molecule has 0 fully saturated rings. The number of fused-ring (bicyclic) bond motifs is 1. The number of ether oxygens (including phenoxy) is 1. The number of carbonyl (C=O) groups is 1. The molecule has 0 spiro atoms. The van der Waals surface area contributed by atoms with E-state index in [1.807, 2.05) is 27.7 Å². The maximum Gasteiger partial charge on any atom is 0.410 e. The topological polar surface area (TPSA) is 42.4 Å². The summed E-state index contributed by atoms with van der Waals surface area (Å²) in [6.45, 7) is 8.19. The maximum atomic E-state index is 13.7. The van der Waals surface area contributed by atoms with Crippen molar-refractivity contribution >= 4 is 6.09 Å². The molecular weight excluding hydrogens is 247 g/mol. The minimum atomic E-state index is -0.524. The molecule has 5 heteroatoms. The third-order valence-corrected chi connectivity index (χ3v) is 3.03. The van der Waals surface area contributed by atoms with Crippen molar-refractivity contribution in [3.8, 4) is 0 Å². The normalized spacial score (nSPS) is 19.0. The van der Waals surface area contributed by atoms with Gasteiger partial charge in [0.15, 0.2) is 0 Å². The number of pyridine rings is 1. The SMILES string of the molecule is CC1CN(C(=O)OC(C)(C)C)Cc2ccnc(F)c21. The Labute approximate surface area is 112 Å². The predicted octanol–water partition coefficient (Wildman–Crippen LogP) is 3.07. The van der Waals surface area contributed by atoms with Gasteiger partial charge in [-0.15, -0.1) is 0 Å². The number of halogens is 1. The van der Waals surface area contributed by atoms with Gasteiger partial charge in [-0.2, -0.15) is 4.39 Å². The van der Waals surface area contributed by atoms with E-state index in [2.05, 4.69) is 4.98 Å². The van der Waals surface area contributed by atoms with Gasteiger partial charge in [-0.1, -0.05) is 6.92 Å². The molecule has 19 heavy (non-hydrogen) atoms. The maximum absolute atomic E-state index is 13.7. The van der Waals surface area contributed by atoms with Gasteiger partial charge in [-0.05, 0) is 32.4 Å². The van der Waals surface area contributed by atoms with Crippen molar-refractivity contribution in [3.05, 3.63) is 29.3 Å². The molecule has 1 aromatic heterocycles. The molecule has 1 atom stereocenters. The van der Waals surface area contributed by atoms with Gasteiger partial charge in [-0.3, -0.25) is 0 Å². The molecule has 2 rings (SSSR count). The molecule has 0 bridgehead atoms. The quantitative estimate of drug-likeness (QED) is 0.678.